The van der Waals surface area contributed by atoms with Crippen molar-refractivity contribution in [2.24, 2.45) is 0 Å². The van der Waals surface area contributed by atoms with E-state index in [0.717, 1.165) is 19.4 Å². The first kappa shape index (κ1) is 16.4. The van der Waals surface area contributed by atoms with Crippen molar-refractivity contribution in [3.8, 4) is 0 Å². The van der Waals surface area contributed by atoms with Crippen molar-refractivity contribution >= 4 is 10.0 Å². The van der Waals surface area contributed by atoms with E-state index in [4.69, 9.17) is 0 Å². The highest BCUT2D eigenvalue weighted by atomic mass is 32.2. The SMILES string of the molecule is CNCCn1cc(S(=O)(=O)N2CCC(N(C)C)CC2)cn1. The summed E-state index contributed by atoms with van der Waals surface area (Å²) in [5.74, 6) is 0. The summed E-state index contributed by atoms with van der Waals surface area (Å²) in [5.41, 5.74) is 0. The highest BCUT2D eigenvalue weighted by Crippen LogP contribution is 2.21. The summed E-state index contributed by atoms with van der Waals surface area (Å²) in [7, 11) is 2.54. The molecule has 7 nitrogen and oxygen atoms in total. The van der Waals surface area contributed by atoms with Crippen LogP contribution in [0.1, 0.15) is 12.8 Å². The number of rotatable bonds is 6. The zero-order valence-corrected chi connectivity index (χ0v) is 13.8. The number of likely N-dealkylation sites (N-methyl/N-ethyl adjacent to an activating group) is 1. The number of piperidine rings is 1. The summed E-state index contributed by atoms with van der Waals surface area (Å²) in [4.78, 5) is 2.46. The number of hydrogen-bond donors (Lipinski definition) is 1. The zero-order chi connectivity index (χ0) is 15.5. The van der Waals surface area contributed by atoms with E-state index in [1.807, 2.05) is 21.1 Å². The molecular weight excluding hydrogens is 290 g/mol. The summed E-state index contributed by atoms with van der Waals surface area (Å²) in [5, 5.41) is 7.14. The van der Waals surface area contributed by atoms with Gasteiger partial charge in [-0.2, -0.15) is 9.40 Å². The standard InChI is InChI=1S/C13H25N5O2S/c1-14-6-9-17-11-13(10-15-17)21(19,20)18-7-4-12(5-8-18)16(2)3/h10-12,14H,4-9H2,1-3H3. The third kappa shape index (κ3) is 3.82. The lowest BCUT2D eigenvalue weighted by Crippen LogP contribution is -2.44. The van der Waals surface area contributed by atoms with Crippen molar-refractivity contribution in [2.45, 2.75) is 30.3 Å². The minimum absolute atomic E-state index is 0.293. The zero-order valence-electron chi connectivity index (χ0n) is 13.0. The second-order valence-corrected chi connectivity index (χ2v) is 7.58. The van der Waals surface area contributed by atoms with Crippen LogP contribution in [0.4, 0.5) is 0 Å². The van der Waals surface area contributed by atoms with E-state index >= 15 is 0 Å². The van der Waals surface area contributed by atoms with Gasteiger partial charge in [0.2, 0.25) is 10.0 Å². The lowest BCUT2D eigenvalue weighted by Gasteiger charge is -2.34. The predicted octanol–water partition coefficient (Wildman–Crippen LogP) is -0.183. The lowest BCUT2D eigenvalue weighted by atomic mass is 10.1. The Morgan fingerprint density at radius 3 is 2.62 bits per heavy atom. The minimum atomic E-state index is -3.40. The summed E-state index contributed by atoms with van der Waals surface area (Å²) >= 11 is 0. The summed E-state index contributed by atoms with van der Waals surface area (Å²) < 4.78 is 28.4. The first-order valence-electron chi connectivity index (χ1n) is 7.29. The quantitative estimate of drug-likeness (QED) is 0.788. The smallest absolute Gasteiger partial charge is 0.246 e. The molecule has 21 heavy (non-hydrogen) atoms. The van der Waals surface area contributed by atoms with Crippen molar-refractivity contribution in [2.75, 3.05) is 40.8 Å². The molecule has 1 aliphatic heterocycles. The average molecular weight is 315 g/mol. The molecule has 0 unspecified atom stereocenters. The van der Waals surface area contributed by atoms with E-state index in [2.05, 4.69) is 15.3 Å². The molecule has 120 valence electrons. The number of aromatic nitrogens is 2. The van der Waals surface area contributed by atoms with Crippen LogP contribution in [0, 0.1) is 0 Å². The fraction of sp³-hybridized carbons (Fsp3) is 0.769. The Labute approximate surface area is 127 Å². The van der Waals surface area contributed by atoms with Crippen molar-refractivity contribution < 1.29 is 8.42 Å². The molecule has 0 radical (unpaired) electrons. The van der Waals surface area contributed by atoms with Crippen molar-refractivity contribution in [1.82, 2.24) is 24.3 Å². The fourth-order valence-corrected chi connectivity index (χ4v) is 4.00. The van der Waals surface area contributed by atoms with E-state index in [1.165, 1.54) is 6.20 Å². The molecule has 0 saturated carbocycles. The molecule has 0 atom stereocenters. The first-order valence-corrected chi connectivity index (χ1v) is 8.73. The van der Waals surface area contributed by atoms with Crippen LogP contribution in [0.25, 0.3) is 0 Å². The third-order valence-electron chi connectivity index (χ3n) is 3.99. The molecule has 8 heteroatoms. The maximum Gasteiger partial charge on any atom is 0.246 e. The van der Waals surface area contributed by atoms with Gasteiger partial charge in [-0.25, -0.2) is 8.42 Å². The molecule has 1 aromatic rings. The van der Waals surface area contributed by atoms with Crippen LogP contribution in [-0.4, -0.2) is 74.2 Å². The molecule has 1 aromatic heterocycles. The van der Waals surface area contributed by atoms with Crippen LogP contribution in [0.2, 0.25) is 0 Å². The molecule has 0 bridgehead atoms. The summed E-state index contributed by atoms with van der Waals surface area (Å²) in [6, 6.07) is 0.467. The third-order valence-corrected chi connectivity index (χ3v) is 5.84. The molecule has 0 aliphatic carbocycles. The molecule has 1 fully saturated rings. The molecular formula is C13H25N5O2S. The van der Waals surface area contributed by atoms with Crippen molar-refractivity contribution in [3.05, 3.63) is 12.4 Å². The average Bonchev–Trinajstić information content (AvgIpc) is 2.94. The van der Waals surface area contributed by atoms with E-state index in [0.29, 0.717) is 30.6 Å². The Balaban J connectivity index is 2.03. The summed E-state index contributed by atoms with van der Waals surface area (Å²) in [6.07, 6.45) is 4.81. The van der Waals surface area contributed by atoms with Gasteiger partial charge >= 0.3 is 0 Å². The van der Waals surface area contributed by atoms with Crippen molar-refractivity contribution in [3.63, 3.8) is 0 Å². The molecule has 0 amide bonds. The first-order chi connectivity index (χ1) is 9.95. The second kappa shape index (κ2) is 6.87. The predicted molar refractivity (Wildman–Crippen MR) is 81.6 cm³/mol. The molecule has 1 N–H and O–H groups in total. The largest absolute Gasteiger partial charge is 0.318 e. The number of hydrogen-bond acceptors (Lipinski definition) is 5. The Kier molecular flexibility index (Phi) is 5.37. The monoisotopic (exact) mass is 315 g/mol. The highest BCUT2D eigenvalue weighted by molar-refractivity contribution is 7.89. The van der Waals surface area contributed by atoms with Gasteiger partial charge in [0, 0.05) is 31.9 Å². The molecule has 1 saturated heterocycles. The number of nitrogens with one attached hydrogen (secondary N) is 1. The van der Waals surface area contributed by atoms with E-state index in [1.54, 1.807) is 15.2 Å². The lowest BCUT2D eigenvalue weighted by molar-refractivity contribution is 0.196. The van der Waals surface area contributed by atoms with Crippen molar-refractivity contribution in [1.29, 1.82) is 0 Å². The van der Waals surface area contributed by atoms with Crippen LogP contribution in [-0.2, 0) is 16.6 Å². The molecule has 0 spiro atoms. The van der Waals surface area contributed by atoms with Crippen LogP contribution in [0.5, 0.6) is 0 Å². The topological polar surface area (TPSA) is 70.5 Å². The van der Waals surface area contributed by atoms with E-state index in [9.17, 15) is 8.42 Å². The fourth-order valence-electron chi connectivity index (χ4n) is 2.57. The van der Waals surface area contributed by atoms with Gasteiger partial charge in [-0.3, -0.25) is 4.68 Å². The van der Waals surface area contributed by atoms with Crippen LogP contribution in [0.3, 0.4) is 0 Å². The highest BCUT2D eigenvalue weighted by Gasteiger charge is 2.30. The molecule has 0 aromatic carbocycles. The molecule has 1 aliphatic rings. The minimum Gasteiger partial charge on any atom is -0.318 e. The number of sulfonamides is 1. The Morgan fingerprint density at radius 1 is 1.38 bits per heavy atom. The Morgan fingerprint density at radius 2 is 2.05 bits per heavy atom. The van der Waals surface area contributed by atoms with E-state index in [-0.39, 0.29) is 0 Å². The van der Waals surface area contributed by atoms with Gasteiger partial charge < -0.3 is 10.2 Å². The van der Waals surface area contributed by atoms with Gasteiger partial charge in [0.25, 0.3) is 0 Å². The van der Waals surface area contributed by atoms with Gasteiger partial charge in [0.05, 0.1) is 12.7 Å². The van der Waals surface area contributed by atoms with Crippen LogP contribution >= 0.6 is 0 Å². The Hall–Kier alpha value is -0.960. The van der Waals surface area contributed by atoms with Gasteiger partial charge in [-0.05, 0) is 34.0 Å². The second-order valence-electron chi connectivity index (χ2n) is 5.64. The molecule has 2 heterocycles. The molecule has 2 rings (SSSR count). The maximum atomic E-state index is 12.6. The van der Waals surface area contributed by atoms with Crippen LogP contribution in [0.15, 0.2) is 17.3 Å². The van der Waals surface area contributed by atoms with Gasteiger partial charge in [0.15, 0.2) is 0 Å². The maximum absolute atomic E-state index is 12.6. The van der Waals surface area contributed by atoms with Gasteiger partial charge in [-0.1, -0.05) is 0 Å². The Bertz CT molecular complexity index is 547. The normalized spacial score (nSPS) is 18.5. The van der Waals surface area contributed by atoms with Gasteiger partial charge in [0.1, 0.15) is 4.90 Å². The van der Waals surface area contributed by atoms with Crippen LogP contribution < -0.4 is 5.32 Å². The summed E-state index contributed by atoms with van der Waals surface area (Å²) in [6.45, 7) is 2.57. The van der Waals surface area contributed by atoms with E-state index < -0.39 is 10.0 Å². The number of nitrogens with zero attached hydrogens (tertiary/aromatic N) is 4. The van der Waals surface area contributed by atoms with Gasteiger partial charge in [-0.15, -0.1) is 0 Å².